The zero-order valence-electron chi connectivity index (χ0n) is 12.3. The van der Waals surface area contributed by atoms with Crippen LogP contribution in [0.3, 0.4) is 0 Å². The van der Waals surface area contributed by atoms with E-state index in [1.165, 1.54) is 38.5 Å². The lowest BCUT2D eigenvalue weighted by Crippen LogP contribution is -2.45. The zero-order valence-corrected chi connectivity index (χ0v) is 12.3. The molecule has 2 rings (SSSR count). The molecule has 0 aromatic rings. The molecule has 2 atom stereocenters. The van der Waals surface area contributed by atoms with Gasteiger partial charge in [-0.1, -0.05) is 12.8 Å². The van der Waals surface area contributed by atoms with Crippen molar-refractivity contribution in [1.29, 1.82) is 0 Å². The van der Waals surface area contributed by atoms with Gasteiger partial charge in [-0.15, -0.1) is 0 Å². The Hall–Kier alpha value is -0.610. The third-order valence-corrected chi connectivity index (χ3v) is 4.66. The van der Waals surface area contributed by atoms with Crippen LogP contribution < -0.4 is 0 Å². The summed E-state index contributed by atoms with van der Waals surface area (Å²) in [6.07, 6.45) is 7.89. The largest absolute Gasteiger partial charge is 0.480 e. The molecule has 2 unspecified atom stereocenters. The maximum Gasteiger partial charge on any atom is 0.317 e. The highest BCUT2D eigenvalue weighted by Gasteiger charge is 2.36. The third kappa shape index (κ3) is 4.77. The molecule has 0 amide bonds. The number of hydrogen-bond donors (Lipinski definition) is 1. The summed E-state index contributed by atoms with van der Waals surface area (Å²) < 4.78 is 0. The number of aliphatic carboxylic acids is 1. The first kappa shape index (κ1) is 14.8. The Balaban J connectivity index is 1.89. The van der Waals surface area contributed by atoms with Crippen molar-refractivity contribution in [2.24, 2.45) is 11.8 Å². The summed E-state index contributed by atoms with van der Waals surface area (Å²) in [5.74, 6) is 1.14. The maximum absolute atomic E-state index is 11.1. The summed E-state index contributed by atoms with van der Waals surface area (Å²) in [6.45, 7) is 2.02. The van der Waals surface area contributed by atoms with Gasteiger partial charge in [0.1, 0.15) is 0 Å². The predicted octanol–water partition coefficient (Wildman–Crippen LogP) is 1.90. The molecule has 0 spiro atoms. The van der Waals surface area contributed by atoms with Crippen molar-refractivity contribution in [3.8, 4) is 0 Å². The van der Waals surface area contributed by atoms with Gasteiger partial charge in [0.25, 0.3) is 0 Å². The Bertz CT molecular complexity index is 303. The fraction of sp³-hybridized carbons (Fsp3) is 0.933. The van der Waals surface area contributed by atoms with Crippen LogP contribution in [0.25, 0.3) is 0 Å². The predicted molar refractivity (Wildman–Crippen MR) is 76.2 cm³/mol. The van der Waals surface area contributed by atoms with E-state index in [4.69, 9.17) is 5.11 Å². The number of carboxylic acids is 1. The van der Waals surface area contributed by atoms with Crippen molar-refractivity contribution < 1.29 is 9.90 Å². The topological polar surface area (TPSA) is 43.8 Å². The van der Waals surface area contributed by atoms with Gasteiger partial charge in [0.15, 0.2) is 0 Å². The Morgan fingerprint density at radius 1 is 1.11 bits per heavy atom. The van der Waals surface area contributed by atoms with Gasteiger partial charge < -0.3 is 10.0 Å². The van der Waals surface area contributed by atoms with Crippen LogP contribution in [-0.4, -0.2) is 60.6 Å². The quantitative estimate of drug-likeness (QED) is 0.766. The fourth-order valence-electron chi connectivity index (χ4n) is 3.42. The van der Waals surface area contributed by atoms with Crippen LogP contribution in [0.5, 0.6) is 0 Å². The van der Waals surface area contributed by atoms with Gasteiger partial charge in [-0.3, -0.25) is 9.69 Å². The summed E-state index contributed by atoms with van der Waals surface area (Å²) in [4.78, 5) is 15.4. The standard InChI is InChI=1S/C15H28N2O2/c1-16(2)8-9-17(11-15(18)19)14-5-3-4-13(10-14)12-6-7-12/h12-14H,3-11H2,1-2H3,(H,18,19). The molecule has 19 heavy (non-hydrogen) atoms. The summed E-state index contributed by atoms with van der Waals surface area (Å²) >= 11 is 0. The van der Waals surface area contributed by atoms with E-state index in [-0.39, 0.29) is 6.54 Å². The number of carboxylic acid groups (broad SMARTS) is 1. The zero-order chi connectivity index (χ0) is 13.8. The minimum atomic E-state index is -0.688. The molecule has 0 radical (unpaired) electrons. The van der Waals surface area contributed by atoms with Crippen LogP contribution in [0.15, 0.2) is 0 Å². The van der Waals surface area contributed by atoms with E-state index in [1.807, 2.05) is 14.1 Å². The lowest BCUT2D eigenvalue weighted by atomic mass is 9.82. The van der Waals surface area contributed by atoms with Crippen LogP contribution in [-0.2, 0) is 4.79 Å². The summed E-state index contributed by atoms with van der Waals surface area (Å²) in [6, 6.07) is 0.496. The molecule has 4 heteroatoms. The molecule has 1 N–H and O–H groups in total. The molecule has 0 aliphatic heterocycles. The smallest absolute Gasteiger partial charge is 0.317 e. The molecular weight excluding hydrogens is 240 g/mol. The van der Waals surface area contributed by atoms with Crippen molar-refractivity contribution in [3.63, 3.8) is 0 Å². The highest BCUT2D eigenvalue weighted by atomic mass is 16.4. The number of carbonyl (C=O) groups is 1. The molecule has 2 aliphatic carbocycles. The van der Waals surface area contributed by atoms with Gasteiger partial charge in [0.2, 0.25) is 0 Å². The number of hydrogen-bond acceptors (Lipinski definition) is 3. The lowest BCUT2D eigenvalue weighted by Gasteiger charge is -2.37. The summed E-state index contributed by atoms with van der Waals surface area (Å²) in [5.41, 5.74) is 0. The van der Waals surface area contributed by atoms with Crippen LogP contribution in [0.2, 0.25) is 0 Å². The Morgan fingerprint density at radius 2 is 1.84 bits per heavy atom. The molecule has 0 aromatic carbocycles. The highest BCUT2D eigenvalue weighted by molar-refractivity contribution is 5.69. The molecule has 2 fully saturated rings. The van der Waals surface area contributed by atoms with E-state index >= 15 is 0 Å². The Kier molecular flexibility index (Phi) is 5.22. The average Bonchev–Trinajstić information content (AvgIpc) is 3.18. The van der Waals surface area contributed by atoms with Crippen LogP contribution >= 0.6 is 0 Å². The normalized spacial score (nSPS) is 28.0. The molecule has 4 nitrogen and oxygen atoms in total. The van der Waals surface area contributed by atoms with Gasteiger partial charge in [-0.2, -0.15) is 0 Å². The monoisotopic (exact) mass is 268 g/mol. The lowest BCUT2D eigenvalue weighted by molar-refractivity contribution is -0.139. The molecule has 0 bridgehead atoms. The number of likely N-dealkylation sites (N-methyl/N-ethyl adjacent to an activating group) is 1. The number of rotatable bonds is 7. The van der Waals surface area contributed by atoms with Crippen LogP contribution in [0.1, 0.15) is 38.5 Å². The first-order chi connectivity index (χ1) is 9.06. The van der Waals surface area contributed by atoms with Crippen LogP contribution in [0, 0.1) is 11.8 Å². The first-order valence-electron chi connectivity index (χ1n) is 7.67. The van der Waals surface area contributed by atoms with Crippen molar-refractivity contribution >= 4 is 5.97 Å². The second kappa shape index (κ2) is 6.71. The second-order valence-corrected chi connectivity index (χ2v) is 6.59. The minimum absolute atomic E-state index is 0.204. The van der Waals surface area contributed by atoms with E-state index in [0.717, 1.165) is 24.9 Å². The second-order valence-electron chi connectivity index (χ2n) is 6.59. The van der Waals surface area contributed by atoms with Gasteiger partial charge in [-0.05, 0) is 51.6 Å². The molecule has 2 saturated carbocycles. The third-order valence-electron chi connectivity index (χ3n) is 4.66. The van der Waals surface area contributed by atoms with Crippen molar-refractivity contribution in [2.75, 3.05) is 33.7 Å². The van der Waals surface area contributed by atoms with Crippen molar-refractivity contribution in [1.82, 2.24) is 9.80 Å². The van der Waals surface area contributed by atoms with E-state index in [2.05, 4.69) is 9.80 Å². The molecule has 0 heterocycles. The molecular formula is C15H28N2O2. The Labute approximate surface area is 116 Å². The van der Waals surface area contributed by atoms with Crippen LogP contribution in [0.4, 0.5) is 0 Å². The summed E-state index contributed by atoms with van der Waals surface area (Å²) in [5, 5.41) is 9.11. The van der Waals surface area contributed by atoms with Crippen molar-refractivity contribution in [2.45, 2.75) is 44.6 Å². The van der Waals surface area contributed by atoms with E-state index in [1.54, 1.807) is 0 Å². The fourth-order valence-corrected chi connectivity index (χ4v) is 3.42. The average molecular weight is 268 g/mol. The van der Waals surface area contributed by atoms with E-state index in [0.29, 0.717) is 6.04 Å². The SMILES string of the molecule is CN(C)CCN(CC(=O)O)C1CCCC(C2CC2)C1. The van der Waals surface area contributed by atoms with E-state index < -0.39 is 5.97 Å². The first-order valence-corrected chi connectivity index (χ1v) is 7.67. The molecule has 2 aliphatic rings. The molecule has 0 aromatic heterocycles. The Morgan fingerprint density at radius 3 is 2.42 bits per heavy atom. The highest BCUT2D eigenvalue weighted by Crippen LogP contribution is 2.44. The van der Waals surface area contributed by atoms with E-state index in [9.17, 15) is 4.79 Å². The maximum atomic E-state index is 11.1. The summed E-state index contributed by atoms with van der Waals surface area (Å²) in [7, 11) is 4.10. The van der Waals surface area contributed by atoms with Gasteiger partial charge in [0, 0.05) is 19.1 Å². The number of nitrogens with zero attached hydrogens (tertiary/aromatic N) is 2. The van der Waals surface area contributed by atoms with Crippen molar-refractivity contribution in [3.05, 3.63) is 0 Å². The molecule has 110 valence electrons. The molecule has 0 saturated heterocycles. The van der Waals surface area contributed by atoms with Gasteiger partial charge in [0.05, 0.1) is 6.54 Å². The minimum Gasteiger partial charge on any atom is -0.480 e. The van der Waals surface area contributed by atoms with Gasteiger partial charge >= 0.3 is 5.97 Å². The van der Waals surface area contributed by atoms with Gasteiger partial charge in [-0.25, -0.2) is 0 Å².